The fourth-order valence-corrected chi connectivity index (χ4v) is 2.21. The molecule has 0 amide bonds. The van der Waals surface area contributed by atoms with E-state index in [0.717, 1.165) is 23.7 Å². The topological polar surface area (TPSA) is 29.9 Å². The number of nitrogens with zero attached hydrogens (tertiary/aromatic N) is 2. The lowest BCUT2D eigenvalue weighted by Gasteiger charge is -2.19. The van der Waals surface area contributed by atoms with Gasteiger partial charge in [-0.1, -0.05) is 30.7 Å². The second-order valence-corrected chi connectivity index (χ2v) is 4.81. The number of hydrogen-bond acceptors (Lipinski definition) is 2. The number of imidazole rings is 1. The average molecular weight is 264 g/mol. The van der Waals surface area contributed by atoms with Crippen molar-refractivity contribution in [2.75, 3.05) is 6.54 Å². The van der Waals surface area contributed by atoms with Gasteiger partial charge in [-0.2, -0.15) is 0 Å². The molecule has 0 saturated heterocycles. The molecular weight excluding hydrogens is 246 g/mol. The van der Waals surface area contributed by atoms with Crippen LogP contribution in [0.5, 0.6) is 0 Å². The fourth-order valence-electron chi connectivity index (χ4n) is 2.01. The molecule has 1 heterocycles. The van der Waals surface area contributed by atoms with Crippen LogP contribution in [0.15, 0.2) is 36.8 Å². The van der Waals surface area contributed by atoms with Crippen LogP contribution in [0.3, 0.4) is 0 Å². The van der Waals surface area contributed by atoms with Gasteiger partial charge in [0.15, 0.2) is 0 Å². The molecule has 96 valence electrons. The zero-order valence-corrected chi connectivity index (χ0v) is 11.5. The van der Waals surface area contributed by atoms with Crippen LogP contribution in [0.2, 0.25) is 5.02 Å². The summed E-state index contributed by atoms with van der Waals surface area (Å²) in [6.45, 7) is 3.12. The first-order valence-electron chi connectivity index (χ1n) is 6.17. The first-order chi connectivity index (χ1) is 8.72. The zero-order chi connectivity index (χ0) is 13.0. The molecule has 1 N–H and O–H groups in total. The van der Waals surface area contributed by atoms with E-state index in [1.807, 2.05) is 42.3 Å². The van der Waals surface area contributed by atoms with Crippen molar-refractivity contribution in [3.63, 3.8) is 0 Å². The molecule has 0 bridgehead atoms. The van der Waals surface area contributed by atoms with E-state index in [1.54, 1.807) is 0 Å². The van der Waals surface area contributed by atoms with Crippen LogP contribution in [0.1, 0.15) is 30.6 Å². The maximum absolute atomic E-state index is 6.07. The van der Waals surface area contributed by atoms with Gasteiger partial charge in [-0.25, -0.2) is 4.98 Å². The van der Waals surface area contributed by atoms with Crippen molar-refractivity contribution < 1.29 is 0 Å². The maximum atomic E-state index is 6.07. The third-order valence-electron chi connectivity index (χ3n) is 2.93. The summed E-state index contributed by atoms with van der Waals surface area (Å²) in [5.41, 5.74) is 2.31. The molecular formula is C14H18ClN3. The average Bonchev–Trinajstić information content (AvgIpc) is 2.77. The Hall–Kier alpha value is -1.32. The van der Waals surface area contributed by atoms with Gasteiger partial charge in [0.05, 0.1) is 24.3 Å². The van der Waals surface area contributed by atoms with Crippen molar-refractivity contribution in [3.8, 4) is 0 Å². The summed E-state index contributed by atoms with van der Waals surface area (Å²) in [7, 11) is 2.01. The van der Waals surface area contributed by atoms with E-state index in [2.05, 4.69) is 23.3 Å². The predicted octanol–water partition coefficient (Wildman–Crippen LogP) is 3.16. The van der Waals surface area contributed by atoms with E-state index >= 15 is 0 Å². The Morgan fingerprint density at radius 1 is 1.44 bits per heavy atom. The molecule has 1 aromatic carbocycles. The highest BCUT2D eigenvalue weighted by molar-refractivity contribution is 6.30. The number of nitrogens with one attached hydrogen (secondary N) is 1. The van der Waals surface area contributed by atoms with Gasteiger partial charge in [0.25, 0.3) is 0 Å². The molecule has 0 aliphatic rings. The van der Waals surface area contributed by atoms with Gasteiger partial charge in [0.2, 0.25) is 0 Å². The van der Waals surface area contributed by atoms with E-state index in [4.69, 9.17) is 11.6 Å². The number of benzene rings is 1. The van der Waals surface area contributed by atoms with Crippen molar-refractivity contribution in [1.29, 1.82) is 0 Å². The molecule has 0 fully saturated rings. The standard InChI is InChI=1S/C14H18ClN3/c1-3-7-17-14(13-9-16-10-18(13)2)11-5-4-6-12(15)8-11/h4-6,8-10,14,17H,3,7H2,1-2H3. The summed E-state index contributed by atoms with van der Waals surface area (Å²) >= 11 is 6.07. The Kier molecular flexibility index (Phi) is 4.39. The third-order valence-corrected chi connectivity index (χ3v) is 3.17. The lowest BCUT2D eigenvalue weighted by molar-refractivity contribution is 0.569. The van der Waals surface area contributed by atoms with Crippen LogP contribution in [0.4, 0.5) is 0 Å². The molecule has 2 aromatic rings. The Morgan fingerprint density at radius 2 is 2.28 bits per heavy atom. The van der Waals surface area contributed by atoms with Gasteiger partial charge >= 0.3 is 0 Å². The number of aryl methyl sites for hydroxylation is 1. The highest BCUT2D eigenvalue weighted by Gasteiger charge is 2.16. The lowest BCUT2D eigenvalue weighted by Crippen LogP contribution is -2.24. The highest BCUT2D eigenvalue weighted by atomic mass is 35.5. The summed E-state index contributed by atoms with van der Waals surface area (Å²) in [5.74, 6) is 0. The molecule has 1 atom stereocenters. The fraction of sp³-hybridized carbons (Fsp3) is 0.357. The van der Waals surface area contributed by atoms with Crippen LogP contribution >= 0.6 is 11.6 Å². The molecule has 2 rings (SSSR count). The molecule has 1 unspecified atom stereocenters. The maximum Gasteiger partial charge on any atom is 0.0946 e. The van der Waals surface area contributed by atoms with Crippen molar-refractivity contribution in [1.82, 2.24) is 14.9 Å². The number of hydrogen-bond donors (Lipinski definition) is 1. The molecule has 4 heteroatoms. The summed E-state index contributed by atoms with van der Waals surface area (Å²) < 4.78 is 2.04. The summed E-state index contributed by atoms with van der Waals surface area (Å²) in [5, 5.41) is 4.30. The van der Waals surface area contributed by atoms with Crippen LogP contribution in [-0.2, 0) is 7.05 Å². The van der Waals surface area contributed by atoms with Gasteiger partial charge in [0, 0.05) is 12.1 Å². The summed E-state index contributed by atoms with van der Waals surface area (Å²) in [6, 6.07) is 8.10. The third kappa shape index (κ3) is 2.92. The zero-order valence-electron chi connectivity index (χ0n) is 10.7. The van der Waals surface area contributed by atoms with Crippen molar-refractivity contribution in [2.45, 2.75) is 19.4 Å². The molecule has 0 aliphatic heterocycles. The predicted molar refractivity (Wildman–Crippen MR) is 74.8 cm³/mol. The van der Waals surface area contributed by atoms with Crippen LogP contribution in [0, 0.1) is 0 Å². The molecule has 3 nitrogen and oxygen atoms in total. The Morgan fingerprint density at radius 3 is 2.89 bits per heavy atom. The second-order valence-electron chi connectivity index (χ2n) is 4.37. The van der Waals surface area contributed by atoms with E-state index in [0.29, 0.717) is 0 Å². The minimum Gasteiger partial charge on any atom is -0.336 e. The molecule has 0 saturated carbocycles. The van der Waals surface area contributed by atoms with Gasteiger partial charge in [-0.15, -0.1) is 0 Å². The van der Waals surface area contributed by atoms with Gasteiger partial charge in [-0.3, -0.25) is 0 Å². The number of halogens is 1. The molecule has 18 heavy (non-hydrogen) atoms. The van der Waals surface area contributed by atoms with Crippen molar-refractivity contribution >= 4 is 11.6 Å². The van der Waals surface area contributed by atoms with Crippen molar-refractivity contribution in [2.24, 2.45) is 7.05 Å². The largest absolute Gasteiger partial charge is 0.336 e. The number of aromatic nitrogens is 2. The molecule has 0 spiro atoms. The minimum atomic E-state index is 0.135. The van der Waals surface area contributed by atoms with Crippen molar-refractivity contribution in [3.05, 3.63) is 53.1 Å². The van der Waals surface area contributed by atoms with E-state index < -0.39 is 0 Å². The number of rotatable bonds is 5. The lowest BCUT2D eigenvalue weighted by atomic mass is 10.0. The van der Waals surface area contributed by atoms with Crippen LogP contribution in [-0.4, -0.2) is 16.1 Å². The monoisotopic (exact) mass is 263 g/mol. The highest BCUT2D eigenvalue weighted by Crippen LogP contribution is 2.23. The Balaban J connectivity index is 2.33. The van der Waals surface area contributed by atoms with E-state index in [1.165, 1.54) is 5.56 Å². The van der Waals surface area contributed by atoms with Gasteiger partial charge in [0.1, 0.15) is 0 Å². The normalized spacial score (nSPS) is 12.6. The Labute approximate surface area is 113 Å². The van der Waals surface area contributed by atoms with E-state index in [9.17, 15) is 0 Å². The van der Waals surface area contributed by atoms with Gasteiger partial charge in [-0.05, 0) is 30.7 Å². The summed E-state index contributed by atoms with van der Waals surface area (Å²) in [6.07, 6.45) is 4.81. The van der Waals surface area contributed by atoms with E-state index in [-0.39, 0.29) is 6.04 Å². The van der Waals surface area contributed by atoms with Crippen LogP contribution in [0.25, 0.3) is 0 Å². The second kappa shape index (κ2) is 6.03. The van der Waals surface area contributed by atoms with Gasteiger partial charge < -0.3 is 9.88 Å². The first kappa shape index (κ1) is 13.1. The minimum absolute atomic E-state index is 0.135. The molecule has 0 aliphatic carbocycles. The quantitative estimate of drug-likeness (QED) is 0.898. The Bertz CT molecular complexity index is 507. The summed E-state index contributed by atoms with van der Waals surface area (Å²) in [4.78, 5) is 4.19. The smallest absolute Gasteiger partial charge is 0.0946 e. The molecule has 0 radical (unpaired) electrons. The SMILES string of the molecule is CCCNC(c1cccc(Cl)c1)c1cncn1C. The first-order valence-corrected chi connectivity index (χ1v) is 6.55. The molecule has 1 aromatic heterocycles. The van der Waals surface area contributed by atoms with Crippen LogP contribution < -0.4 is 5.32 Å².